The molecule has 1 aliphatic rings. The number of ether oxygens (including phenoxy) is 1. The van der Waals surface area contributed by atoms with Crippen molar-refractivity contribution in [2.75, 3.05) is 46.4 Å². The molecule has 1 atom stereocenters. The van der Waals surface area contributed by atoms with Crippen LogP contribution in [-0.4, -0.2) is 73.4 Å². The first-order valence-corrected chi connectivity index (χ1v) is 6.51. The summed E-state index contributed by atoms with van der Waals surface area (Å²) in [6, 6.07) is 0. The van der Waals surface area contributed by atoms with Crippen LogP contribution in [0.25, 0.3) is 0 Å². The molecule has 5 nitrogen and oxygen atoms in total. The summed E-state index contributed by atoms with van der Waals surface area (Å²) in [6.07, 6.45) is -0.335. The minimum Gasteiger partial charge on any atom is -0.391 e. The summed E-state index contributed by atoms with van der Waals surface area (Å²) in [5.41, 5.74) is -0.0942. The molecule has 0 bridgehead atoms. The van der Waals surface area contributed by atoms with Crippen molar-refractivity contribution in [3.8, 4) is 0 Å². The van der Waals surface area contributed by atoms with Gasteiger partial charge < -0.3 is 14.7 Å². The summed E-state index contributed by atoms with van der Waals surface area (Å²) in [5.74, 6) is 0.0496. The summed E-state index contributed by atoms with van der Waals surface area (Å²) in [7, 11) is 1.54. The highest BCUT2D eigenvalue weighted by molar-refractivity contribution is 5.77. The first-order chi connectivity index (χ1) is 8.34. The maximum Gasteiger partial charge on any atom is 0.248 e. The molecule has 0 aliphatic carbocycles. The van der Waals surface area contributed by atoms with Gasteiger partial charge in [0.15, 0.2) is 0 Å². The van der Waals surface area contributed by atoms with Crippen LogP contribution in [-0.2, 0) is 9.53 Å². The van der Waals surface area contributed by atoms with E-state index in [2.05, 4.69) is 4.90 Å². The lowest BCUT2D eigenvalue weighted by Crippen LogP contribution is -2.52. The third kappa shape index (κ3) is 4.55. The van der Waals surface area contributed by atoms with Crippen molar-refractivity contribution in [1.29, 1.82) is 0 Å². The van der Waals surface area contributed by atoms with Crippen LogP contribution in [0.2, 0.25) is 0 Å². The maximum atomic E-state index is 11.6. The van der Waals surface area contributed by atoms with Crippen LogP contribution in [0, 0.1) is 5.41 Å². The Hall–Kier alpha value is -0.650. The highest BCUT2D eigenvalue weighted by Crippen LogP contribution is 2.20. The molecular formula is C13H26N2O3. The van der Waals surface area contributed by atoms with Gasteiger partial charge in [-0.1, -0.05) is 20.8 Å². The van der Waals surface area contributed by atoms with Gasteiger partial charge in [0, 0.05) is 39.8 Å². The molecule has 1 saturated heterocycles. The third-order valence-corrected chi connectivity index (χ3v) is 3.42. The topological polar surface area (TPSA) is 53.0 Å². The standard InChI is InChI=1S/C13H26N2O3/c1-13(2,3)11(16)9-14-5-7-15(8-6-14)12(17)10-18-4/h11,16H,5-10H2,1-4H3. The number of nitrogens with zero attached hydrogens (tertiary/aromatic N) is 2. The summed E-state index contributed by atoms with van der Waals surface area (Å²) >= 11 is 0. The molecule has 106 valence electrons. The van der Waals surface area contributed by atoms with Crippen LogP contribution in [0.3, 0.4) is 0 Å². The van der Waals surface area contributed by atoms with Gasteiger partial charge in [0.05, 0.1) is 6.10 Å². The van der Waals surface area contributed by atoms with Crippen molar-refractivity contribution in [3.63, 3.8) is 0 Å². The van der Waals surface area contributed by atoms with E-state index in [4.69, 9.17) is 4.74 Å². The zero-order valence-electron chi connectivity index (χ0n) is 12.0. The summed E-state index contributed by atoms with van der Waals surface area (Å²) in [4.78, 5) is 15.7. The van der Waals surface area contributed by atoms with Crippen molar-refractivity contribution in [2.24, 2.45) is 5.41 Å². The number of aliphatic hydroxyl groups excluding tert-OH is 1. The monoisotopic (exact) mass is 258 g/mol. The van der Waals surface area contributed by atoms with Crippen LogP contribution in [0.1, 0.15) is 20.8 Å². The molecule has 1 unspecified atom stereocenters. The number of hydrogen-bond donors (Lipinski definition) is 1. The van der Waals surface area contributed by atoms with E-state index >= 15 is 0 Å². The smallest absolute Gasteiger partial charge is 0.248 e. The molecule has 0 spiro atoms. The van der Waals surface area contributed by atoms with Crippen LogP contribution in [0.5, 0.6) is 0 Å². The summed E-state index contributed by atoms with van der Waals surface area (Å²) < 4.78 is 4.85. The quantitative estimate of drug-likeness (QED) is 0.782. The van der Waals surface area contributed by atoms with Gasteiger partial charge in [-0.15, -0.1) is 0 Å². The number of amides is 1. The highest BCUT2D eigenvalue weighted by Gasteiger charge is 2.27. The van der Waals surface area contributed by atoms with Gasteiger partial charge in [-0.2, -0.15) is 0 Å². The summed E-state index contributed by atoms with van der Waals surface area (Å²) in [6.45, 7) is 10.0. The van der Waals surface area contributed by atoms with Crippen LogP contribution in [0.4, 0.5) is 0 Å². The molecule has 1 heterocycles. The highest BCUT2D eigenvalue weighted by atomic mass is 16.5. The molecule has 0 aromatic carbocycles. The van der Waals surface area contributed by atoms with Crippen LogP contribution in [0.15, 0.2) is 0 Å². The number of aliphatic hydroxyl groups is 1. The Morgan fingerprint density at radius 3 is 2.28 bits per heavy atom. The fourth-order valence-electron chi connectivity index (χ4n) is 1.91. The van der Waals surface area contributed by atoms with Crippen molar-refractivity contribution in [2.45, 2.75) is 26.9 Å². The van der Waals surface area contributed by atoms with Crippen molar-refractivity contribution in [1.82, 2.24) is 9.80 Å². The van der Waals surface area contributed by atoms with Crippen LogP contribution >= 0.6 is 0 Å². The second-order valence-corrected chi connectivity index (χ2v) is 6.00. The van der Waals surface area contributed by atoms with E-state index in [1.807, 2.05) is 25.7 Å². The second kappa shape index (κ2) is 6.50. The predicted molar refractivity (Wildman–Crippen MR) is 70.4 cm³/mol. The molecule has 18 heavy (non-hydrogen) atoms. The average molecular weight is 258 g/mol. The molecule has 0 saturated carbocycles. The van der Waals surface area contributed by atoms with Crippen LogP contribution < -0.4 is 0 Å². The molecule has 0 aromatic rings. The Balaban J connectivity index is 2.33. The third-order valence-electron chi connectivity index (χ3n) is 3.42. The zero-order chi connectivity index (χ0) is 13.8. The van der Waals surface area contributed by atoms with Gasteiger partial charge in [-0.3, -0.25) is 9.69 Å². The number of carbonyl (C=O) groups is 1. The largest absolute Gasteiger partial charge is 0.391 e. The first-order valence-electron chi connectivity index (χ1n) is 6.51. The molecule has 1 N–H and O–H groups in total. The normalized spacial score (nSPS) is 19.9. The fourth-order valence-corrected chi connectivity index (χ4v) is 1.91. The molecule has 1 rings (SSSR count). The molecule has 1 fully saturated rings. The SMILES string of the molecule is COCC(=O)N1CCN(CC(O)C(C)(C)C)CC1. The van der Waals surface area contributed by atoms with E-state index in [1.165, 1.54) is 7.11 Å². The number of hydrogen-bond acceptors (Lipinski definition) is 4. The Bertz CT molecular complexity index is 268. The average Bonchev–Trinajstić information content (AvgIpc) is 2.29. The lowest BCUT2D eigenvalue weighted by atomic mass is 9.89. The first kappa shape index (κ1) is 15.4. The zero-order valence-corrected chi connectivity index (χ0v) is 12.0. The predicted octanol–water partition coefficient (Wildman–Crippen LogP) is 0.184. The Morgan fingerprint density at radius 1 is 1.28 bits per heavy atom. The molecule has 0 aromatic heterocycles. The number of piperazine rings is 1. The van der Waals surface area contributed by atoms with Gasteiger partial charge >= 0.3 is 0 Å². The Labute approximate surface area is 110 Å². The van der Waals surface area contributed by atoms with E-state index < -0.39 is 0 Å². The van der Waals surface area contributed by atoms with Gasteiger partial charge in [-0.25, -0.2) is 0 Å². The van der Waals surface area contributed by atoms with Crippen molar-refractivity contribution >= 4 is 5.91 Å². The van der Waals surface area contributed by atoms with E-state index in [0.29, 0.717) is 6.54 Å². The molecule has 5 heteroatoms. The number of carbonyl (C=O) groups excluding carboxylic acids is 1. The van der Waals surface area contributed by atoms with Crippen molar-refractivity contribution in [3.05, 3.63) is 0 Å². The number of rotatable bonds is 4. The summed E-state index contributed by atoms with van der Waals surface area (Å²) in [5, 5.41) is 10.1. The van der Waals surface area contributed by atoms with Gasteiger partial charge in [0.2, 0.25) is 5.91 Å². The number of β-amino-alcohol motifs (C(OH)–C–C–N with tert-alkyl or cyclic N) is 1. The van der Waals surface area contributed by atoms with E-state index in [-0.39, 0.29) is 24.0 Å². The van der Waals surface area contributed by atoms with Gasteiger partial charge in [0.25, 0.3) is 0 Å². The number of methoxy groups -OCH3 is 1. The van der Waals surface area contributed by atoms with E-state index in [9.17, 15) is 9.90 Å². The Morgan fingerprint density at radius 2 is 1.83 bits per heavy atom. The minimum atomic E-state index is -0.335. The lowest BCUT2D eigenvalue weighted by molar-refractivity contribution is -0.137. The fraction of sp³-hybridized carbons (Fsp3) is 0.923. The Kier molecular flexibility index (Phi) is 5.56. The molecular weight excluding hydrogens is 232 g/mol. The molecule has 0 radical (unpaired) electrons. The lowest BCUT2D eigenvalue weighted by Gasteiger charge is -2.37. The van der Waals surface area contributed by atoms with E-state index in [0.717, 1.165) is 26.2 Å². The molecule has 1 aliphatic heterocycles. The molecule has 1 amide bonds. The minimum absolute atomic E-state index is 0.0496. The van der Waals surface area contributed by atoms with Gasteiger partial charge in [-0.05, 0) is 5.41 Å². The van der Waals surface area contributed by atoms with E-state index in [1.54, 1.807) is 0 Å². The van der Waals surface area contributed by atoms with Gasteiger partial charge in [0.1, 0.15) is 6.61 Å². The van der Waals surface area contributed by atoms with Crippen molar-refractivity contribution < 1.29 is 14.6 Å². The second-order valence-electron chi connectivity index (χ2n) is 6.00. The maximum absolute atomic E-state index is 11.6.